The molecule has 1 aliphatic rings. The van der Waals surface area contributed by atoms with Gasteiger partial charge in [-0.25, -0.2) is 0 Å². The van der Waals surface area contributed by atoms with E-state index in [0.717, 1.165) is 17.7 Å². The lowest BCUT2D eigenvalue weighted by molar-refractivity contribution is -0.137. The third kappa shape index (κ3) is 3.03. The van der Waals surface area contributed by atoms with Gasteiger partial charge in [0.05, 0.1) is 6.04 Å². The lowest BCUT2D eigenvalue weighted by atomic mass is 10.1. The Kier molecular flexibility index (Phi) is 4.10. The molecule has 0 saturated carbocycles. The van der Waals surface area contributed by atoms with Crippen molar-refractivity contribution in [2.75, 3.05) is 0 Å². The number of benzene rings is 1. The molecule has 0 unspecified atom stereocenters. The summed E-state index contributed by atoms with van der Waals surface area (Å²) in [6, 6.07) is 11.3. The second-order valence-electron chi connectivity index (χ2n) is 4.88. The fraction of sp³-hybridized carbons (Fsp3) is 0.312. The molecule has 21 heavy (non-hydrogen) atoms. The summed E-state index contributed by atoms with van der Waals surface area (Å²) in [4.78, 5) is 13.5. The number of carbonyl (C=O) groups excluding carboxylic acids is 1. The van der Waals surface area contributed by atoms with Crippen molar-refractivity contribution >= 4 is 17.2 Å². The first kappa shape index (κ1) is 13.9. The lowest BCUT2D eigenvalue weighted by Crippen LogP contribution is -2.41. The van der Waals surface area contributed by atoms with E-state index in [-0.39, 0.29) is 11.9 Å². The largest absolute Gasteiger partial charge is 0.442 e. The Labute approximate surface area is 127 Å². The minimum atomic E-state index is -0.901. The number of carbonyl (C=O) groups is 1. The number of nitrogens with one attached hydrogen (secondary N) is 1. The Balaban J connectivity index is 1.66. The zero-order valence-corrected chi connectivity index (χ0v) is 12.6. The molecular formula is C16H17NO3S. The van der Waals surface area contributed by atoms with Gasteiger partial charge in [-0.05, 0) is 30.0 Å². The second kappa shape index (κ2) is 6.18. The number of amides is 1. The SMILES string of the molecule is CCC[C@@H](NC(=O)C1Oc2ccccc2O1)c1cccs1. The molecule has 1 atom stereocenters. The molecule has 4 nitrogen and oxygen atoms in total. The van der Waals surface area contributed by atoms with Gasteiger partial charge in [-0.3, -0.25) is 4.79 Å². The Bertz CT molecular complexity index is 587. The molecular weight excluding hydrogens is 286 g/mol. The molecule has 5 heteroatoms. The number of ether oxygens (including phenoxy) is 2. The predicted molar refractivity (Wildman–Crippen MR) is 81.6 cm³/mol. The van der Waals surface area contributed by atoms with E-state index < -0.39 is 6.29 Å². The standard InChI is InChI=1S/C16H17NO3S/c1-2-6-11(14-9-5-10-21-14)17-15(18)16-19-12-7-3-4-8-13(12)20-16/h3-5,7-11,16H,2,6H2,1H3,(H,17,18)/t11-/m1/s1. The first-order valence-corrected chi connectivity index (χ1v) is 7.92. The quantitative estimate of drug-likeness (QED) is 0.919. The van der Waals surface area contributed by atoms with E-state index in [2.05, 4.69) is 12.2 Å². The fourth-order valence-corrected chi connectivity index (χ4v) is 3.12. The van der Waals surface area contributed by atoms with Gasteiger partial charge < -0.3 is 14.8 Å². The van der Waals surface area contributed by atoms with Gasteiger partial charge in [0.25, 0.3) is 0 Å². The summed E-state index contributed by atoms with van der Waals surface area (Å²) in [5.41, 5.74) is 0. The molecule has 110 valence electrons. The van der Waals surface area contributed by atoms with Crippen LogP contribution in [0.1, 0.15) is 30.7 Å². The summed E-state index contributed by atoms with van der Waals surface area (Å²) in [5, 5.41) is 5.04. The van der Waals surface area contributed by atoms with E-state index in [9.17, 15) is 4.79 Å². The Hall–Kier alpha value is -2.01. The van der Waals surface area contributed by atoms with Crippen molar-refractivity contribution in [3.05, 3.63) is 46.7 Å². The summed E-state index contributed by atoms with van der Waals surface area (Å²) >= 11 is 1.65. The van der Waals surface area contributed by atoms with Crippen molar-refractivity contribution < 1.29 is 14.3 Å². The maximum absolute atomic E-state index is 12.3. The highest BCUT2D eigenvalue weighted by Crippen LogP contribution is 2.34. The minimum Gasteiger partial charge on any atom is -0.442 e. The van der Waals surface area contributed by atoms with Gasteiger partial charge in [0.2, 0.25) is 0 Å². The fourth-order valence-electron chi connectivity index (χ4n) is 2.31. The first-order chi connectivity index (χ1) is 10.3. The average Bonchev–Trinajstić information content (AvgIpc) is 3.16. The van der Waals surface area contributed by atoms with E-state index in [0.29, 0.717) is 11.5 Å². The van der Waals surface area contributed by atoms with E-state index in [1.807, 2.05) is 29.6 Å². The van der Waals surface area contributed by atoms with Gasteiger partial charge in [-0.1, -0.05) is 31.5 Å². The molecule has 0 radical (unpaired) electrons. The summed E-state index contributed by atoms with van der Waals surface area (Å²) in [7, 11) is 0. The molecule has 1 aromatic heterocycles. The summed E-state index contributed by atoms with van der Waals surface area (Å²) in [6.07, 6.45) is 0.989. The van der Waals surface area contributed by atoms with Gasteiger partial charge in [0.1, 0.15) is 0 Å². The van der Waals surface area contributed by atoms with E-state index in [4.69, 9.17) is 9.47 Å². The van der Waals surface area contributed by atoms with Crippen LogP contribution in [-0.2, 0) is 4.79 Å². The second-order valence-corrected chi connectivity index (χ2v) is 5.86. The van der Waals surface area contributed by atoms with Crippen LogP contribution in [0, 0.1) is 0 Å². The van der Waals surface area contributed by atoms with E-state index in [1.165, 1.54) is 0 Å². The molecule has 0 spiro atoms. The van der Waals surface area contributed by atoms with Crippen molar-refractivity contribution in [2.24, 2.45) is 0 Å². The molecule has 1 aromatic carbocycles. The van der Waals surface area contributed by atoms with Crippen LogP contribution < -0.4 is 14.8 Å². The van der Waals surface area contributed by atoms with Crippen LogP contribution in [0.4, 0.5) is 0 Å². The van der Waals surface area contributed by atoms with Crippen molar-refractivity contribution in [1.29, 1.82) is 0 Å². The summed E-state index contributed by atoms with van der Waals surface area (Å²) in [6.45, 7) is 2.10. The lowest BCUT2D eigenvalue weighted by Gasteiger charge is -2.18. The third-order valence-electron chi connectivity index (χ3n) is 3.31. The number of thiophene rings is 1. The maximum atomic E-state index is 12.3. The summed E-state index contributed by atoms with van der Waals surface area (Å²) < 4.78 is 11.1. The van der Waals surface area contributed by atoms with Crippen LogP contribution >= 0.6 is 11.3 Å². The molecule has 2 aromatic rings. The van der Waals surface area contributed by atoms with Gasteiger partial charge in [-0.15, -0.1) is 11.3 Å². The van der Waals surface area contributed by atoms with Crippen LogP contribution in [0.2, 0.25) is 0 Å². The monoisotopic (exact) mass is 303 g/mol. The molecule has 0 bridgehead atoms. The van der Waals surface area contributed by atoms with Crippen LogP contribution in [0.15, 0.2) is 41.8 Å². The number of rotatable bonds is 5. The van der Waals surface area contributed by atoms with Crippen molar-refractivity contribution in [3.63, 3.8) is 0 Å². The molecule has 0 aliphatic carbocycles. The van der Waals surface area contributed by atoms with Crippen molar-refractivity contribution in [2.45, 2.75) is 32.1 Å². The molecule has 0 saturated heterocycles. The first-order valence-electron chi connectivity index (χ1n) is 7.04. The maximum Gasteiger partial charge on any atom is 0.321 e. The third-order valence-corrected chi connectivity index (χ3v) is 4.30. The predicted octanol–water partition coefficient (Wildman–Crippen LogP) is 3.50. The topological polar surface area (TPSA) is 47.6 Å². The van der Waals surface area contributed by atoms with Crippen molar-refractivity contribution in [3.8, 4) is 11.5 Å². The van der Waals surface area contributed by atoms with Gasteiger partial charge in [0, 0.05) is 4.88 Å². The highest BCUT2D eigenvalue weighted by atomic mass is 32.1. The van der Waals surface area contributed by atoms with Crippen LogP contribution in [-0.4, -0.2) is 12.2 Å². The molecule has 0 fully saturated rings. The van der Waals surface area contributed by atoms with E-state index in [1.54, 1.807) is 23.5 Å². The minimum absolute atomic E-state index is 0.0124. The van der Waals surface area contributed by atoms with Crippen molar-refractivity contribution in [1.82, 2.24) is 5.32 Å². The zero-order chi connectivity index (χ0) is 14.7. The highest BCUT2D eigenvalue weighted by molar-refractivity contribution is 7.10. The number of hydrogen-bond acceptors (Lipinski definition) is 4. The summed E-state index contributed by atoms with van der Waals surface area (Å²) in [5.74, 6) is 0.986. The van der Waals surface area contributed by atoms with E-state index >= 15 is 0 Å². The Morgan fingerprint density at radius 2 is 1.95 bits per heavy atom. The molecule has 1 amide bonds. The Morgan fingerprint density at radius 1 is 1.24 bits per heavy atom. The molecule has 1 aliphatic heterocycles. The van der Waals surface area contributed by atoms with Gasteiger partial charge in [0.15, 0.2) is 11.5 Å². The molecule has 1 N–H and O–H groups in total. The molecule has 3 rings (SSSR count). The Morgan fingerprint density at radius 3 is 2.52 bits per heavy atom. The van der Waals surface area contributed by atoms with Crippen LogP contribution in [0.5, 0.6) is 11.5 Å². The molecule has 2 heterocycles. The van der Waals surface area contributed by atoms with Crippen LogP contribution in [0.3, 0.4) is 0 Å². The van der Waals surface area contributed by atoms with Gasteiger partial charge in [-0.2, -0.15) is 0 Å². The average molecular weight is 303 g/mol. The zero-order valence-electron chi connectivity index (χ0n) is 11.7. The highest BCUT2D eigenvalue weighted by Gasteiger charge is 2.31. The number of fused-ring (bicyclic) bond motifs is 1. The van der Waals surface area contributed by atoms with Crippen LogP contribution in [0.25, 0.3) is 0 Å². The number of para-hydroxylation sites is 2. The van der Waals surface area contributed by atoms with Gasteiger partial charge >= 0.3 is 12.2 Å². The number of hydrogen-bond donors (Lipinski definition) is 1. The normalized spacial score (nSPS) is 14.9. The smallest absolute Gasteiger partial charge is 0.321 e.